The summed E-state index contributed by atoms with van der Waals surface area (Å²) < 4.78 is 11.1. The van der Waals surface area contributed by atoms with E-state index >= 15 is 0 Å². The van der Waals surface area contributed by atoms with Gasteiger partial charge in [-0.05, 0) is 37.0 Å². The van der Waals surface area contributed by atoms with Crippen LogP contribution >= 0.6 is 0 Å². The van der Waals surface area contributed by atoms with E-state index < -0.39 is 6.10 Å². The first kappa shape index (κ1) is 12.2. The molecule has 0 bridgehead atoms. The lowest BCUT2D eigenvalue weighted by Gasteiger charge is -2.27. The van der Waals surface area contributed by atoms with Crippen molar-refractivity contribution in [2.45, 2.75) is 31.5 Å². The van der Waals surface area contributed by atoms with Gasteiger partial charge in [0.1, 0.15) is 0 Å². The fraction of sp³-hybridized carbons (Fsp3) is 0.538. The highest BCUT2D eigenvalue weighted by molar-refractivity contribution is 5.43. The number of aliphatic hydroxyl groups is 1. The van der Waals surface area contributed by atoms with Crippen LogP contribution in [-0.4, -0.2) is 24.9 Å². The van der Waals surface area contributed by atoms with Crippen LogP contribution in [0.3, 0.4) is 0 Å². The van der Waals surface area contributed by atoms with E-state index in [1.54, 1.807) is 7.11 Å². The predicted molar refractivity (Wildman–Crippen MR) is 65.3 cm³/mol. The SMILES string of the molecule is COc1ccc(C(O)CN)cc1OC1CCC1. The molecule has 1 aromatic carbocycles. The van der Waals surface area contributed by atoms with Crippen molar-refractivity contribution in [3.63, 3.8) is 0 Å². The Morgan fingerprint density at radius 1 is 1.41 bits per heavy atom. The van der Waals surface area contributed by atoms with Gasteiger partial charge in [0.15, 0.2) is 11.5 Å². The van der Waals surface area contributed by atoms with Crippen LogP contribution in [0.5, 0.6) is 11.5 Å². The number of ether oxygens (including phenoxy) is 2. The molecule has 4 nitrogen and oxygen atoms in total. The van der Waals surface area contributed by atoms with Gasteiger partial charge in [-0.2, -0.15) is 0 Å². The Morgan fingerprint density at radius 3 is 2.71 bits per heavy atom. The minimum Gasteiger partial charge on any atom is -0.493 e. The molecule has 17 heavy (non-hydrogen) atoms. The number of hydrogen-bond donors (Lipinski definition) is 2. The third-order valence-electron chi connectivity index (χ3n) is 3.14. The highest BCUT2D eigenvalue weighted by Gasteiger charge is 2.21. The highest BCUT2D eigenvalue weighted by Crippen LogP contribution is 2.34. The maximum absolute atomic E-state index is 9.70. The van der Waals surface area contributed by atoms with Crippen LogP contribution in [-0.2, 0) is 0 Å². The lowest BCUT2D eigenvalue weighted by atomic mass is 9.96. The highest BCUT2D eigenvalue weighted by atomic mass is 16.5. The first-order valence-corrected chi connectivity index (χ1v) is 5.97. The van der Waals surface area contributed by atoms with E-state index in [1.165, 1.54) is 6.42 Å². The Hall–Kier alpha value is -1.26. The molecule has 1 saturated carbocycles. The molecule has 1 unspecified atom stereocenters. The van der Waals surface area contributed by atoms with E-state index in [4.69, 9.17) is 15.2 Å². The van der Waals surface area contributed by atoms with Crippen molar-refractivity contribution >= 4 is 0 Å². The number of benzene rings is 1. The molecular formula is C13H19NO3. The van der Waals surface area contributed by atoms with Gasteiger partial charge in [0.05, 0.1) is 19.3 Å². The van der Waals surface area contributed by atoms with Crippen molar-refractivity contribution in [1.82, 2.24) is 0 Å². The summed E-state index contributed by atoms with van der Waals surface area (Å²) in [7, 11) is 1.61. The largest absolute Gasteiger partial charge is 0.493 e. The molecule has 1 fully saturated rings. The Labute approximate surface area is 101 Å². The topological polar surface area (TPSA) is 64.7 Å². The average molecular weight is 237 g/mol. The zero-order valence-electron chi connectivity index (χ0n) is 10.1. The van der Waals surface area contributed by atoms with Gasteiger partial charge < -0.3 is 20.3 Å². The Bertz CT molecular complexity index is 377. The van der Waals surface area contributed by atoms with Gasteiger partial charge in [-0.3, -0.25) is 0 Å². The molecule has 0 radical (unpaired) electrons. The van der Waals surface area contributed by atoms with Crippen molar-refractivity contribution in [1.29, 1.82) is 0 Å². The van der Waals surface area contributed by atoms with E-state index in [2.05, 4.69) is 0 Å². The fourth-order valence-electron chi connectivity index (χ4n) is 1.80. The summed E-state index contributed by atoms with van der Waals surface area (Å²) in [5, 5.41) is 9.70. The standard InChI is InChI=1S/C13H19NO3/c1-16-12-6-5-9(11(15)8-14)7-13(12)17-10-3-2-4-10/h5-7,10-11,15H,2-4,8,14H2,1H3. The van der Waals surface area contributed by atoms with Crippen molar-refractivity contribution in [2.75, 3.05) is 13.7 Å². The summed E-state index contributed by atoms with van der Waals surface area (Å²) in [6.07, 6.45) is 3.04. The van der Waals surface area contributed by atoms with E-state index in [-0.39, 0.29) is 12.6 Å². The average Bonchev–Trinajstić information content (AvgIpc) is 2.32. The van der Waals surface area contributed by atoms with Gasteiger partial charge in [0.25, 0.3) is 0 Å². The molecule has 4 heteroatoms. The van der Waals surface area contributed by atoms with Gasteiger partial charge in [-0.15, -0.1) is 0 Å². The second-order valence-electron chi connectivity index (χ2n) is 4.33. The zero-order chi connectivity index (χ0) is 12.3. The second kappa shape index (κ2) is 5.38. The minimum absolute atomic E-state index is 0.204. The first-order valence-electron chi connectivity index (χ1n) is 5.97. The zero-order valence-corrected chi connectivity index (χ0v) is 10.1. The quantitative estimate of drug-likeness (QED) is 0.816. The molecule has 1 aliphatic rings. The van der Waals surface area contributed by atoms with Gasteiger partial charge in [-0.1, -0.05) is 6.07 Å². The maximum Gasteiger partial charge on any atom is 0.161 e. The van der Waals surface area contributed by atoms with Crippen LogP contribution < -0.4 is 15.2 Å². The lowest BCUT2D eigenvalue weighted by molar-refractivity contribution is 0.115. The van der Waals surface area contributed by atoms with Crippen molar-refractivity contribution in [2.24, 2.45) is 5.73 Å². The van der Waals surface area contributed by atoms with E-state index in [0.717, 1.165) is 18.4 Å². The summed E-state index contributed by atoms with van der Waals surface area (Å²) >= 11 is 0. The number of aliphatic hydroxyl groups excluding tert-OH is 1. The molecule has 94 valence electrons. The number of nitrogens with two attached hydrogens (primary N) is 1. The molecule has 0 heterocycles. The second-order valence-corrected chi connectivity index (χ2v) is 4.33. The number of rotatable bonds is 5. The summed E-state index contributed by atoms with van der Waals surface area (Å²) in [4.78, 5) is 0. The van der Waals surface area contributed by atoms with E-state index in [9.17, 15) is 5.11 Å². The minimum atomic E-state index is -0.648. The maximum atomic E-state index is 9.70. The van der Waals surface area contributed by atoms with E-state index in [0.29, 0.717) is 11.5 Å². The first-order chi connectivity index (χ1) is 8.24. The monoisotopic (exact) mass is 237 g/mol. The smallest absolute Gasteiger partial charge is 0.161 e. The van der Waals surface area contributed by atoms with Crippen LogP contribution in [0.4, 0.5) is 0 Å². The number of hydrogen-bond acceptors (Lipinski definition) is 4. The molecular weight excluding hydrogens is 218 g/mol. The Balaban J connectivity index is 2.19. The summed E-state index contributed by atoms with van der Waals surface area (Å²) in [5.74, 6) is 1.40. The van der Waals surface area contributed by atoms with Crippen molar-refractivity contribution in [3.05, 3.63) is 23.8 Å². The van der Waals surface area contributed by atoms with Crippen LogP contribution in [0.1, 0.15) is 30.9 Å². The Morgan fingerprint density at radius 2 is 2.18 bits per heavy atom. The third-order valence-corrected chi connectivity index (χ3v) is 3.14. The molecule has 1 aliphatic carbocycles. The molecule has 2 rings (SSSR count). The lowest BCUT2D eigenvalue weighted by Crippen LogP contribution is -2.25. The van der Waals surface area contributed by atoms with Crippen LogP contribution in [0.25, 0.3) is 0 Å². The molecule has 1 aromatic rings. The molecule has 0 spiro atoms. The van der Waals surface area contributed by atoms with Gasteiger partial charge in [-0.25, -0.2) is 0 Å². The Kier molecular flexibility index (Phi) is 3.86. The summed E-state index contributed by atoms with van der Waals surface area (Å²) in [5.41, 5.74) is 6.21. The molecule has 0 aromatic heterocycles. The summed E-state index contributed by atoms with van der Waals surface area (Å²) in [6, 6.07) is 5.43. The summed E-state index contributed by atoms with van der Waals surface area (Å²) in [6.45, 7) is 0.204. The van der Waals surface area contributed by atoms with Gasteiger partial charge in [0, 0.05) is 6.54 Å². The van der Waals surface area contributed by atoms with Gasteiger partial charge >= 0.3 is 0 Å². The molecule has 1 atom stereocenters. The molecule has 0 amide bonds. The normalized spacial score (nSPS) is 17.4. The number of methoxy groups -OCH3 is 1. The molecule has 3 N–H and O–H groups in total. The third kappa shape index (κ3) is 2.70. The van der Waals surface area contributed by atoms with Crippen LogP contribution in [0.2, 0.25) is 0 Å². The molecule has 0 aliphatic heterocycles. The van der Waals surface area contributed by atoms with Crippen molar-refractivity contribution < 1.29 is 14.6 Å². The predicted octanol–water partition coefficient (Wildman–Crippen LogP) is 1.62. The van der Waals surface area contributed by atoms with Crippen LogP contribution in [0, 0.1) is 0 Å². The fourth-order valence-corrected chi connectivity index (χ4v) is 1.80. The van der Waals surface area contributed by atoms with Crippen LogP contribution in [0.15, 0.2) is 18.2 Å². The van der Waals surface area contributed by atoms with E-state index in [1.807, 2.05) is 18.2 Å². The van der Waals surface area contributed by atoms with Crippen molar-refractivity contribution in [3.8, 4) is 11.5 Å². The van der Waals surface area contributed by atoms with Gasteiger partial charge in [0.2, 0.25) is 0 Å². The molecule has 0 saturated heterocycles.